The molecule has 2 atom stereocenters. The van der Waals surface area contributed by atoms with Crippen LogP contribution in [0.1, 0.15) is 36.8 Å². The first-order valence-electron chi connectivity index (χ1n) is 6.36. The van der Waals surface area contributed by atoms with E-state index in [1.807, 2.05) is 0 Å². The van der Waals surface area contributed by atoms with Crippen LogP contribution >= 0.6 is 0 Å². The summed E-state index contributed by atoms with van der Waals surface area (Å²) in [6, 6.07) is -0.333. The lowest BCUT2D eigenvalue weighted by molar-refractivity contribution is -0.141. The zero-order chi connectivity index (χ0) is 15.3. The average molecular weight is 281 g/mol. The Hall–Kier alpha value is -2.18. The third-order valence-corrected chi connectivity index (χ3v) is 2.97. The second-order valence-electron chi connectivity index (χ2n) is 4.47. The highest BCUT2D eigenvalue weighted by Crippen LogP contribution is 2.12. The van der Waals surface area contributed by atoms with E-state index in [-0.39, 0.29) is 18.6 Å². The molecule has 2 N–H and O–H groups in total. The van der Waals surface area contributed by atoms with Crippen molar-refractivity contribution in [2.75, 3.05) is 11.9 Å². The maximum absolute atomic E-state index is 11.6. The number of carboxylic acids is 1. The van der Waals surface area contributed by atoms with Crippen molar-refractivity contribution in [3.05, 3.63) is 17.5 Å². The molecular formula is C13H19N3O4. The van der Waals surface area contributed by atoms with E-state index < -0.39 is 17.9 Å². The lowest BCUT2D eigenvalue weighted by Gasteiger charge is -2.18. The van der Waals surface area contributed by atoms with Gasteiger partial charge in [0.2, 0.25) is 5.95 Å². The highest BCUT2D eigenvalue weighted by molar-refractivity contribution is 5.90. The van der Waals surface area contributed by atoms with Gasteiger partial charge in [0.25, 0.3) is 0 Å². The first-order valence-corrected chi connectivity index (χ1v) is 6.36. The highest BCUT2D eigenvalue weighted by Gasteiger charge is 2.20. The zero-order valence-electron chi connectivity index (χ0n) is 12.0. The number of hydrogen-bond acceptors (Lipinski definition) is 6. The molecule has 7 nitrogen and oxygen atoms in total. The van der Waals surface area contributed by atoms with E-state index in [1.165, 1.54) is 6.20 Å². The summed E-state index contributed by atoms with van der Waals surface area (Å²) in [4.78, 5) is 30.6. The first-order chi connectivity index (χ1) is 9.36. The number of aliphatic carboxylic acids is 1. The molecule has 0 aliphatic heterocycles. The molecule has 0 amide bonds. The molecule has 110 valence electrons. The number of aryl methyl sites for hydroxylation is 1. The van der Waals surface area contributed by atoms with Crippen LogP contribution in [0, 0.1) is 12.8 Å². The topological polar surface area (TPSA) is 101 Å². The van der Waals surface area contributed by atoms with Gasteiger partial charge in [-0.15, -0.1) is 0 Å². The maximum atomic E-state index is 11.6. The summed E-state index contributed by atoms with van der Waals surface area (Å²) in [6.45, 7) is 7.01. The Labute approximate surface area is 117 Å². The van der Waals surface area contributed by atoms with Crippen molar-refractivity contribution in [3.8, 4) is 0 Å². The summed E-state index contributed by atoms with van der Waals surface area (Å²) in [5.41, 5.74) is 0.785. The fraction of sp³-hybridized carbons (Fsp3) is 0.538. The van der Waals surface area contributed by atoms with Crippen molar-refractivity contribution in [1.29, 1.82) is 0 Å². The van der Waals surface area contributed by atoms with Crippen LogP contribution in [0.2, 0.25) is 0 Å². The van der Waals surface area contributed by atoms with E-state index in [0.717, 1.165) is 0 Å². The van der Waals surface area contributed by atoms with Crippen LogP contribution in [-0.2, 0) is 9.53 Å². The van der Waals surface area contributed by atoms with Crippen LogP contribution in [-0.4, -0.2) is 39.7 Å². The summed E-state index contributed by atoms with van der Waals surface area (Å²) in [7, 11) is 0. The van der Waals surface area contributed by atoms with Gasteiger partial charge >= 0.3 is 11.9 Å². The average Bonchev–Trinajstić information content (AvgIpc) is 2.37. The van der Waals surface area contributed by atoms with Crippen LogP contribution in [0.3, 0.4) is 0 Å². The molecule has 0 aromatic carbocycles. The summed E-state index contributed by atoms with van der Waals surface area (Å²) >= 11 is 0. The summed E-state index contributed by atoms with van der Waals surface area (Å²) in [5.74, 6) is -1.66. The Morgan fingerprint density at radius 1 is 1.45 bits per heavy atom. The van der Waals surface area contributed by atoms with Gasteiger partial charge in [0.15, 0.2) is 0 Å². The van der Waals surface area contributed by atoms with Crippen molar-refractivity contribution in [2.24, 2.45) is 5.92 Å². The van der Waals surface area contributed by atoms with Crippen LogP contribution in [0.25, 0.3) is 0 Å². The van der Waals surface area contributed by atoms with Crippen molar-refractivity contribution in [2.45, 2.75) is 33.7 Å². The fourth-order valence-corrected chi connectivity index (χ4v) is 1.49. The van der Waals surface area contributed by atoms with E-state index in [2.05, 4.69) is 15.3 Å². The second-order valence-corrected chi connectivity index (χ2v) is 4.47. The molecular weight excluding hydrogens is 262 g/mol. The molecule has 1 aromatic heterocycles. The van der Waals surface area contributed by atoms with Gasteiger partial charge in [-0.1, -0.05) is 0 Å². The van der Waals surface area contributed by atoms with Gasteiger partial charge in [0.1, 0.15) is 0 Å². The van der Waals surface area contributed by atoms with Crippen LogP contribution in [0.15, 0.2) is 6.20 Å². The van der Waals surface area contributed by atoms with E-state index in [0.29, 0.717) is 11.3 Å². The first kappa shape index (κ1) is 15.9. The van der Waals surface area contributed by atoms with E-state index in [9.17, 15) is 9.59 Å². The van der Waals surface area contributed by atoms with Crippen LogP contribution < -0.4 is 5.32 Å². The number of carbonyl (C=O) groups is 2. The van der Waals surface area contributed by atoms with E-state index >= 15 is 0 Å². The van der Waals surface area contributed by atoms with Gasteiger partial charge < -0.3 is 15.2 Å². The molecule has 0 spiro atoms. The van der Waals surface area contributed by atoms with Gasteiger partial charge in [-0.2, -0.15) is 0 Å². The van der Waals surface area contributed by atoms with Gasteiger partial charge in [-0.25, -0.2) is 14.8 Å². The summed E-state index contributed by atoms with van der Waals surface area (Å²) in [6.07, 6.45) is 1.38. The second kappa shape index (κ2) is 6.83. The fourth-order valence-electron chi connectivity index (χ4n) is 1.49. The molecule has 1 aromatic rings. The molecule has 0 bridgehead atoms. The van der Waals surface area contributed by atoms with Crippen LogP contribution in [0.4, 0.5) is 5.95 Å². The van der Waals surface area contributed by atoms with Gasteiger partial charge in [0, 0.05) is 12.2 Å². The molecule has 1 rings (SSSR count). The Morgan fingerprint density at radius 2 is 2.10 bits per heavy atom. The minimum absolute atomic E-state index is 0.283. The highest BCUT2D eigenvalue weighted by atomic mass is 16.5. The standard InChI is InChI=1S/C13H19N3O4/c1-5-20-12(19)10-6-14-13(16-9(10)4)15-8(3)7(2)11(17)18/h6-8H,5H2,1-4H3,(H,17,18)(H,14,15,16). The predicted octanol–water partition coefficient (Wildman–Crippen LogP) is 1.48. The summed E-state index contributed by atoms with van der Waals surface area (Å²) in [5, 5.41) is 11.8. The number of carboxylic acid groups (broad SMARTS) is 1. The number of ether oxygens (including phenoxy) is 1. The Morgan fingerprint density at radius 3 is 2.60 bits per heavy atom. The number of nitrogens with one attached hydrogen (secondary N) is 1. The lowest BCUT2D eigenvalue weighted by atomic mass is 10.0. The molecule has 0 saturated carbocycles. The van der Waals surface area contributed by atoms with Crippen LogP contribution in [0.5, 0.6) is 0 Å². The molecule has 1 heterocycles. The van der Waals surface area contributed by atoms with Crippen molar-refractivity contribution >= 4 is 17.9 Å². The molecule has 0 radical (unpaired) electrons. The number of rotatable bonds is 6. The smallest absolute Gasteiger partial charge is 0.341 e. The number of esters is 1. The third-order valence-electron chi connectivity index (χ3n) is 2.97. The van der Waals surface area contributed by atoms with E-state index in [1.54, 1.807) is 27.7 Å². The minimum atomic E-state index is -0.898. The molecule has 0 fully saturated rings. The van der Waals surface area contributed by atoms with E-state index in [4.69, 9.17) is 9.84 Å². The SMILES string of the molecule is CCOC(=O)c1cnc(NC(C)C(C)C(=O)O)nc1C. The van der Waals surface area contributed by atoms with Gasteiger partial charge in [0.05, 0.1) is 23.8 Å². The monoisotopic (exact) mass is 281 g/mol. The van der Waals surface area contributed by atoms with Crippen molar-refractivity contribution in [3.63, 3.8) is 0 Å². The molecule has 2 unspecified atom stereocenters. The van der Waals surface area contributed by atoms with Gasteiger partial charge in [-0.05, 0) is 27.7 Å². The number of hydrogen-bond donors (Lipinski definition) is 2. The predicted molar refractivity (Wildman–Crippen MR) is 72.6 cm³/mol. The van der Waals surface area contributed by atoms with Crippen molar-refractivity contribution in [1.82, 2.24) is 9.97 Å². The Bertz CT molecular complexity index is 504. The quantitative estimate of drug-likeness (QED) is 0.761. The lowest BCUT2D eigenvalue weighted by Crippen LogP contribution is -2.30. The molecule has 7 heteroatoms. The van der Waals surface area contributed by atoms with Crippen molar-refractivity contribution < 1.29 is 19.4 Å². The molecule has 0 saturated heterocycles. The normalized spacial score (nSPS) is 13.4. The third kappa shape index (κ3) is 3.91. The number of nitrogens with zero attached hydrogens (tertiary/aromatic N) is 2. The largest absolute Gasteiger partial charge is 0.481 e. The molecule has 0 aliphatic carbocycles. The Kier molecular flexibility index (Phi) is 5.42. The van der Waals surface area contributed by atoms with Gasteiger partial charge in [-0.3, -0.25) is 4.79 Å². The maximum Gasteiger partial charge on any atom is 0.341 e. The number of anilines is 1. The minimum Gasteiger partial charge on any atom is -0.481 e. The molecule has 0 aliphatic rings. The molecule has 20 heavy (non-hydrogen) atoms. The number of carbonyl (C=O) groups excluding carboxylic acids is 1. The Balaban J connectivity index is 2.82. The zero-order valence-corrected chi connectivity index (χ0v) is 12.0. The number of aromatic nitrogens is 2. The summed E-state index contributed by atoms with van der Waals surface area (Å²) < 4.78 is 4.88.